The minimum Gasteiger partial charge on any atom is -0.496 e. The van der Waals surface area contributed by atoms with E-state index < -0.39 is 0 Å². The summed E-state index contributed by atoms with van der Waals surface area (Å²) in [5, 5.41) is 3.35. The van der Waals surface area contributed by atoms with Crippen molar-refractivity contribution in [2.24, 2.45) is 5.92 Å². The summed E-state index contributed by atoms with van der Waals surface area (Å²) in [7, 11) is 1.64. The summed E-state index contributed by atoms with van der Waals surface area (Å²) in [6.45, 7) is 7.61. The number of nitrogens with one attached hydrogen (secondary N) is 1. The number of halogens is 1. The molecule has 1 N–H and O–H groups in total. The second-order valence-corrected chi connectivity index (χ2v) is 5.32. The molecule has 0 aliphatic carbocycles. The van der Waals surface area contributed by atoms with E-state index in [0.717, 1.165) is 50.5 Å². The summed E-state index contributed by atoms with van der Waals surface area (Å²) in [5.74, 6) is 1.09. The highest BCUT2D eigenvalue weighted by atomic mass is 19.1. The van der Waals surface area contributed by atoms with E-state index in [4.69, 9.17) is 4.74 Å². The van der Waals surface area contributed by atoms with Gasteiger partial charge in [0.05, 0.1) is 7.11 Å². The molecule has 0 spiro atoms. The van der Waals surface area contributed by atoms with Crippen LogP contribution in [0.1, 0.15) is 12.5 Å². The molecule has 1 aliphatic heterocycles. The molecule has 0 radical (unpaired) electrons. The van der Waals surface area contributed by atoms with Gasteiger partial charge in [-0.2, -0.15) is 0 Å². The average molecular weight is 266 g/mol. The van der Waals surface area contributed by atoms with Crippen molar-refractivity contribution >= 4 is 0 Å². The Bertz CT molecular complexity index is 405. The molecule has 1 unspecified atom stereocenters. The normalized spacial score (nSPS) is 18.3. The lowest BCUT2D eigenvalue weighted by molar-refractivity contribution is 0.210. The van der Waals surface area contributed by atoms with Crippen LogP contribution >= 0.6 is 0 Å². The standard InChI is InChI=1S/C15H23FN2O/c1-12(11-18-7-5-17-6-8-18)9-13-10-14(16)3-4-15(13)19-2/h3-4,10,12,17H,5-9,11H2,1-2H3. The van der Waals surface area contributed by atoms with Crippen molar-refractivity contribution in [3.05, 3.63) is 29.6 Å². The van der Waals surface area contributed by atoms with Crippen LogP contribution in [0.25, 0.3) is 0 Å². The third-order valence-electron chi connectivity index (χ3n) is 3.59. The first-order chi connectivity index (χ1) is 9.19. The molecule has 0 aromatic heterocycles. The Hall–Kier alpha value is -1.13. The van der Waals surface area contributed by atoms with Crippen LogP contribution in [0, 0.1) is 11.7 Å². The minimum absolute atomic E-state index is 0.190. The van der Waals surface area contributed by atoms with E-state index in [2.05, 4.69) is 17.1 Å². The molecule has 4 heteroatoms. The number of benzene rings is 1. The van der Waals surface area contributed by atoms with Crippen LogP contribution in [0.2, 0.25) is 0 Å². The van der Waals surface area contributed by atoms with Gasteiger partial charge in [-0.3, -0.25) is 0 Å². The van der Waals surface area contributed by atoms with Crippen LogP contribution in [0.4, 0.5) is 4.39 Å². The fourth-order valence-electron chi connectivity index (χ4n) is 2.68. The van der Waals surface area contributed by atoms with Gasteiger partial charge in [0.15, 0.2) is 0 Å². The molecule has 1 aromatic rings. The lowest BCUT2D eigenvalue weighted by atomic mass is 9.99. The van der Waals surface area contributed by atoms with Gasteiger partial charge in [0.2, 0.25) is 0 Å². The average Bonchev–Trinajstić information content (AvgIpc) is 2.40. The molecular formula is C15H23FN2O. The molecular weight excluding hydrogens is 243 g/mol. The van der Waals surface area contributed by atoms with E-state index in [0.29, 0.717) is 5.92 Å². The third kappa shape index (κ3) is 4.18. The van der Waals surface area contributed by atoms with E-state index in [1.54, 1.807) is 19.2 Å². The second kappa shape index (κ2) is 6.87. The van der Waals surface area contributed by atoms with Gasteiger partial charge in [-0.25, -0.2) is 4.39 Å². The van der Waals surface area contributed by atoms with Crippen LogP contribution in [-0.4, -0.2) is 44.7 Å². The zero-order valence-electron chi connectivity index (χ0n) is 11.8. The summed E-state index contributed by atoms with van der Waals surface area (Å²) in [6, 6.07) is 4.75. The van der Waals surface area contributed by atoms with Crippen molar-refractivity contribution in [1.82, 2.24) is 10.2 Å². The smallest absolute Gasteiger partial charge is 0.123 e. The van der Waals surface area contributed by atoms with Gasteiger partial charge >= 0.3 is 0 Å². The van der Waals surface area contributed by atoms with Crippen LogP contribution in [0.15, 0.2) is 18.2 Å². The molecule has 1 heterocycles. The minimum atomic E-state index is -0.190. The number of ether oxygens (including phenoxy) is 1. The molecule has 0 saturated carbocycles. The molecule has 1 fully saturated rings. The summed E-state index contributed by atoms with van der Waals surface area (Å²) < 4.78 is 18.6. The van der Waals surface area contributed by atoms with Crippen molar-refractivity contribution in [3.63, 3.8) is 0 Å². The number of methoxy groups -OCH3 is 1. The van der Waals surface area contributed by atoms with Crippen LogP contribution in [0.5, 0.6) is 5.75 Å². The Morgan fingerprint density at radius 3 is 2.79 bits per heavy atom. The highest BCUT2D eigenvalue weighted by Gasteiger charge is 2.15. The molecule has 0 bridgehead atoms. The fraction of sp³-hybridized carbons (Fsp3) is 0.600. The van der Waals surface area contributed by atoms with Gasteiger partial charge in [-0.05, 0) is 36.1 Å². The van der Waals surface area contributed by atoms with Crippen molar-refractivity contribution in [2.75, 3.05) is 39.8 Å². The number of hydrogen-bond donors (Lipinski definition) is 1. The Kier molecular flexibility index (Phi) is 5.16. The Balaban J connectivity index is 1.93. The van der Waals surface area contributed by atoms with Gasteiger partial charge < -0.3 is 15.0 Å². The lowest BCUT2D eigenvalue weighted by Crippen LogP contribution is -2.45. The predicted octanol–water partition coefficient (Wildman–Crippen LogP) is 1.92. The van der Waals surface area contributed by atoms with Crippen LogP contribution < -0.4 is 10.1 Å². The monoisotopic (exact) mass is 266 g/mol. The van der Waals surface area contributed by atoms with Crippen LogP contribution in [0.3, 0.4) is 0 Å². The first-order valence-corrected chi connectivity index (χ1v) is 6.94. The number of hydrogen-bond acceptors (Lipinski definition) is 3. The molecule has 106 valence electrons. The molecule has 1 aromatic carbocycles. The first-order valence-electron chi connectivity index (χ1n) is 6.94. The Morgan fingerprint density at radius 1 is 1.37 bits per heavy atom. The molecule has 1 saturated heterocycles. The zero-order chi connectivity index (χ0) is 13.7. The van der Waals surface area contributed by atoms with Crippen molar-refractivity contribution < 1.29 is 9.13 Å². The maximum atomic E-state index is 13.3. The number of rotatable bonds is 5. The molecule has 19 heavy (non-hydrogen) atoms. The van der Waals surface area contributed by atoms with E-state index >= 15 is 0 Å². The Labute approximate surface area is 114 Å². The van der Waals surface area contributed by atoms with Gasteiger partial charge in [-0.1, -0.05) is 6.92 Å². The second-order valence-electron chi connectivity index (χ2n) is 5.32. The quantitative estimate of drug-likeness (QED) is 0.881. The van der Waals surface area contributed by atoms with Crippen LogP contribution in [-0.2, 0) is 6.42 Å². The van der Waals surface area contributed by atoms with Gasteiger partial charge in [0.1, 0.15) is 11.6 Å². The van der Waals surface area contributed by atoms with Crippen molar-refractivity contribution in [2.45, 2.75) is 13.3 Å². The number of piperazine rings is 1. The fourth-order valence-corrected chi connectivity index (χ4v) is 2.68. The molecule has 1 aliphatic rings. The van der Waals surface area contributed by atoms with Crippen molar-refractivity contribution in [3.8, 4) is 5.75 Å². The van der Waals surface area contributed by atoms with E-state index in [-0.39, 0.29) is 5.82 Å². The predicted molar refractivity (Wildman–Crippen MR) is 75.1 cm³/mol. The molecule has 2 rings (SSSR count). The summed E-state index contributed by atoms with van der Waals surface area (Å²) in [4.78, 5) is 2.47. The Morgan fingerprint density at radius 2 is 2.11 bits per heavy atom. The van der Waals surface area contributed by atoms with Gasteiger partial charge in [0.25, 0.3) is 0 Å². The van der Waals surface area contributed by atoms with Gasteiger partial charge in [-0.15, -0.1) is 0 Å². The summed E-state index contributed by atoms with van der Waals surface area (Å²) in [6.07, 6.45) is 0.852. The maximum absolute atomic E-state index is 13.3. The maximum Gasteiger partial charge on any atom is 0.123 e. The van der Waals surface area contributed by atoms with Gasteiger partial charge in [0, 0.05) is 32.7 Å². The molecule has 1 atom stereocenters. The first kappa shape index (κ1) is 14.3. The number of nitrogens with zero attached hydrogens (tertiary/aromatic N) is 1. The highest BCUT2D eigenvalue weighted by Crippen LogP contribution is 2.22. The highest BCUT2D eigenvalue weighted by molar-refractivity contribution is 5.34. The lowest BCUT2D eigenvalue weighted by Gasteiger charge is -2.29. The van der Waals surface area contributed by atoms with E-state index in [1.165, 1.54) is 6.07 Å². The topological polar surface area (TPSA) is 24.5 Å². The van der Waals surface area contributed by atoms with E-state index in [1.807, 2.05) is 0 Å². The molecule has 0 amide bonds. The largest absolute Gasteiger partial charge is 0.496 e. The van der Waals surface area contributed by atoms with Crippen molar-refractivity contribution in [1.29, 1.82) is 0 Å². The summed E-state index contributed by atoms with van der Waals surface area (Å²) >= 11 is 0. The SMILES string of the molecule is COc1ccc(F)cc1CC(C)CN1CCNCC1. The molecule has 3 nitrogen and oxygen atoms in total. The third-order valence-corrected chi connectivity index (χ3v) is 3.59. The zero-order valence-corrected chi connectivity index (χ0v) is 11.8. The summed E-state index contributed by atoms with van der Waals surface area (Å²) in [5.41, 5.74) is 0.963. The van der Waals surface area contributed by atoms with E-state index in [9.17, 15) is 4.39 Å².